The van der Waals surface area contributed by atoms with Gasteiger partial charge in [0.05, 0.1) is 5.75 Å². The Kier molecular flexibility index (Phi) is 5.39. The molecule has 0 spiro atoms. The molecular formula is C17H20N2O3S. The molecule has 0 fully saturated rings. The lowest BCUT2D eigenvalue weighted by Gasteiger charge is -2.09. The van der Waals surface area contributed by atoms with Gasteiger partial charge >= 0.3 is 0 Å². The van der Waals surface area contributed by atoms with E-state index in [1.165, 1.54) is 6.07 Å². The number of benzene rings is 2. The summed E-state index contributed by atoms with van der Waals surface area (Å²) in [6.07, 6.45) is 0. The summed E-state index contributed by atoms with van der Waals surface area (Å²) in [6, 6.07) is 14.3. The van der Waals surface area contributed by atoms with Crippen LogP contribution in [-0.4, -0.2) is 20.1 Å². The molecule has 0 radical (unpaired) electrons. The van der Waals surface area contributed by atoms with Crippen molar-refractivity contribution in [1.29, 1.82) is 0 Å². The van der Waals surface area contributed by atoms with Gasteiger partial charge in [-0.05, 0) is 37.6 Å². The molecule has 2 rings (SSSR count). The van der Waals surface area contributed by atoms with Gasteiger partial charge in [0.1, 0.15) is 0 Å². The number of sulfonamides is 1. The quantitative estimate of drug-likeness (QED) is 0.854. The molecule has 2 N–H and O–H groups in total. The fraction of sp³-hybridized carbons (Fsp3) is 0.235. The fourth-order valence-electron chi connectivity index (χ4n) is 2.08. The van der Waals surface area contributed by atoms with Gasteiger partial charge in [-0.3, -0.25) is 9.52 Å². The third-order valence-electron chi connectivity index (χ3n) is 3.31. The molecule has 2 aromatic carbocycles. The normalized spacial score (nSPS) is 11.0. The molecule has 0 bridgehead atoms. The largest absolute Gasteiger partial charge is 0.348 e. The summed E-state index contributed by atoms with van der Waals surface area (Å²) in [5.41, 5.74) is 2.94. The molecule has 0 saturated heterocycles. The molecule has 1 amide bonds. The number of rotatable bonds is 6. The summed E-state index contributed by atoms with van der Waals surface area (Å²) < 4.78 is 25.6. The Hall–Kier alpha value is -2.34. The Morgan fingerprint density at radius 3 is 2.52 bits per heavy atom. The first kappa shape index (κ1) is 17.0. The van der Waals surface area contributed by atoms with Crippen LogP contribution in [0, 0.1) is 6.92 Å². The lowest BCUT2D eigenvalue weighted by atomic mass is 10.1. The van der Waals surface area contributed by atoms with Gasteiger partial charge in [-0.1, -0.05) is 35.9 Å². The van der Waals surface area contributed by atoms with Gasteiger partial charge in [0.25, 0.3) is 5.91 Å². The van der Waals surface area contributed by atoms with Gasteiger partial charge < -0.3 is 5.32 Å². The first-order valence-corrected chi connectivity index (χ1v) is 8.99. The van der Waals surface area contributed by atoms with Crippen LogP contribution in [0.25, 0.3) is 0 Å². The maximum Gasteiger partial charge on any atom is 0.251 e. The van der Waals surface area contributed by atoms with E-state index >= 15 is 0 Å². The fourth-order valence-corrected chi connectivity index (χ4v) is 2.71. The van der Waals surface area contributed by atoms with Gasteiger partial charge in [0.15, 0.2) is 0 Å². The molecule has 0 aliphatic carbocycles. The maximum atomic E-state index is 12.2. The summed E-state index contributed by atoms with van der Waals surface area (Å²) in [5.74, 6) is -0.263. The van der Waals surface area contributed by atoms with E-state index in [4.69, 9.17) is 0 Å². The zero-order valence-corrected chi connectivity index (χ0v) is 14.0. The summed E-state index contributed by atoms with van der Waals surface area (Å²) in [6.45, 7) is 3.97. The minimum atomic E-state index is -3.36. The van der Waals surface area contributed by atoms with E-state index in [-0.39, 0.29) is 11.7 Å². The number of hydrogen-bond donors (Lipinski definition) is 2. The Morgan fingerprint density at radius 2 is 1.83 bits per heavy atom. The van der Waals surface area contributed by atoms with Crippen molar-refractivity contribution in [2.24, 2.45) is 0 Å². The minimum absolute atomic E-state index is 0.0171. The highest BCUT2D eigenvalue weighted by Crippen LogP contribution is 2.13. The van der Waals surface area contributed by atoms with Gasteiger partial charge in [-0.2, -0.15) is 0 Å². The molecule has 0 saturated carbocycles. The molecule has 0 aliphatic rings. The van der Waals surface area contributed by atoms with Crippen LogP contribution in [0.4, 0.5) is 5.69 Å². The van der Waals surface area contributed by atoms with Gasteiger partial charge in [0.2, 0.25) is 10.0 Å². The molecule has 0 atom stereocenters. The van der Waals surface area contributed by atoms with Crippen LogP contribution in [-0.2, 0) is 16.6 Å². The second-order valence-electron chi connectivity index (χ2n) is 5.26. The van der Waals surface area contributed by atoms with Crippen LogP contribution in [0.15, 0.2) is 48.5 Å². The lowest BCUT2D eigenvalue weighted by Crippen LogP contribution is -2.23. The molecular weight excluding hydrogens is 312 g/mol. The predicted octanol–water partition coefficient (Wildman–Crippen LogP) is 2.69. The van der Waals surface area contributed by atoms with Crippen molar-refractivity contribution in [3.63, 3.8) is 0 Å². The Bertz CT molecular complexity index is 801. The molecule has 0 aromatic heterocycles. The van der Waals surface area contributed by atoms with Crippen molar-refractivity contribution in [3.8, 4) is 0 Å². The van der Waals surface area contributed by atoms with Crippen molar-refractivity contribution < 1.29 is 13.2 Å². The van der Waals surface area contributed by atoms with Crippen LogP contribution in [0.5, 0.6) is 0 Å². The number of hydrogen-bond acceptors (Lipinski definition) is 3. The third-order valence-corrected chi connectivity index (χ3v) is 4.62. The molecule has 2 aromatic rings. The van der Waals surface area contributed by atoms with E-state index in [1.807, 2.05) is 31.2 Å². The van der Waals surface area contributed by atoms with Crippen molar-refractivity contribution >= 4 is 21.6 Å². The zero-order valence-electron chi connectivity index (χ0n) is 13.2. The summed E-state index contributed by atoms with van der Waals surface area (Å²) >= 11 is 0. The third kappa shape index (κ3) is 5.10. The maximum absolute atomic E-state index is 12.2. The van der Waals surface area contributed by atoms with E-state index in [1.54, 1.807) is 25.1 Å². The average molecular weight is 332 g/mol. The first-order chi connectivity index (χ1) is 10.9. The molecule has 6 heteroatoms. The standard InChI is InChI=1S/C17H20N2O3S/c1-3-23(21,22)19-16-9-5-8-15(11-16)17(20)18-12-14-7-4-6-13(2)10-14/h4-11,19H,3,12H2,1-2H3,(H,18,20). The second kappa shape index (κ2) is 7.28. The number of aryl methyl sites for hydroxylation is 1. The van der Waals surface area contributed by atoms with Crippen LogP contribution in [0.2, 0.25) is 0 Å². The highest BCUT2D eigenvalue weighted by Gasteiger charge is 2.10. The summed E-state index contributed by atoms with van der Waals surface area (Å²) in [4.78, 5) is 12.2. The number of amides is 1. The zero-order chi connectivity index (χ0) is 16.9. The van der Waals surface area contributed by atoms with Crippen LogP contribution in [0.1, 0.15) is 28.4 Å². The van der Waals surface area contributed by atoms with Gasteiger partial charge in [0, 0.05) is 17.8 Å². The van der Waals surface area contributed by atoms with Crippen molar-refractivity contribution in [3.05, 3.63) is 65.2 Å². The highest BCUT2D eigenvalue weighted by molar-refractivity contribution is 7.92. The number of carbonyl (C=O) groups excluding carboxylic acids is 1. The average Bonchev–Trinajstić information content (AvgIpc) is 2.52. The minimum Gasteiger partial charge on any atom is -0.348 e. The molecule has 23 heavy (non-hydrogen) atoms. The molecule has 0 heterocycles. The van der Waals surface area contributed by atoms with Crippen molar-refractivity contribution in [2.75, 3.05) is 10.5 Å². The van der Waals surface area contributed by atoms with Gasteiger partial charge in [-0.15, -0.1) is 0 Å². The molecule has 0 aliphatic heterocycles. The van der Waals surface area contributed by atoms with Crippen molar-refractivity contribution in [2.45, 2.75) is 20.4 Å². The van der Waals surface area contributed by atoms with Gasteiger partial charge in [-0.25, -0.2) is 8.42 Å². The Morgan fingerprint density at radius 1 is 1.09 bits per heavy atom. The molecule has 0 unspecified atom stereocenters. The van der Waals surface area contributed by atoms with E-state index in [9.17, 15) is 13.2 Å². The van der Waals surface area contributed by atoms with E-state index in [0.717, 1.165) is 11.1 Å². The van der Waals surface area contributed by atoms with E-state index in [0.29, 0.717) is 17.8 Å². The number of anilines is 1. The Balaban J connectivity index is 2.05. The predicted molar refractivity (Wildman–Crippen MR) is 91.9 cm³/mol. The smallest absolute Gasteiger partial charge is 0.251 e. The van der Waals surface area contributed by atoms with Crippen LogP contribution < -0.4 is 10.0 Å². The first-order valence-electron chi connectivity index (χ1n) is 7.34. The monoisotopic (exact) mass is 332 g/mol. The number of nitrogens with one attached hydrogen (secondary N) is 2. The van der Waals surface area contributed by atoms with E-state index < -0.39 is 10.0 Å². The highest BCUT2D eigenvalue weighted by atomic mass is 32.2. The lowest BCUT2D eigenvalue weighted by molar-refractivity contribution is 0.0951. The van der Waals surface area contributed by atoms with Crippen LogP contribution in [0.3, 0.4) is 0 Å². The topological polar surface area (TPSA) is 75.3 Å². The second-order valence-corrected chi connectivity index (χ2v) is 7.27. The Labute approximate surface area is 136 Å². The van der Waals surface area contributed by atoms with E-state index in [2.05, 4.69) is 10.0 Å². The summed E-state index contributed by atoms with van der Waals surface area (Å²) in [7, 11) is -3.36. The SMILES string of the molecule is CCS(=O)(=O)Nc1cccc(C(=O)NCc2cccc(C)c2)c1. The van der Waals surface area contributed by atoms with Crippen molar-refractivity contribution in [1.82, 2.24) is 5.32 Å². The number of carbonyl (C=O) groups is 1. The van der Waals surface area contributed by atoms with Crippen LogP contribution >= 0.6 is 0 Å². The summed E-state index contributed by atoms with van der Waals surface area (Å²) in [5, 5.41) is 2.83. The molecule has 5 nitrogen and oxygen atoms in total. The molecule has 122 valence electrons.